The van der Waals surface area contributed by atoms with Crippen LogP contribution >= 0.6 is 56.7 Å². The van der Waals surface area contributed by atoms with Crippen LogP contribution in [-0.2, 0) is 25.7 Å². The SMILES string of the molecule is c1cc(-c2cc3c(s2)CCCC3)sc1-c1cnc(-c2ccc(-c3cc4c(s3)CCCC4)s2)s1. The number of thiophene rings is 4. The minimum absolute atomic E-state index is 1.14. The van der Waals surface area contributed by atoms with Crippen molar-refractivity contribution in [2.45, 2.75) is 51.4 Å². The molecule has 5 aromatic rings. The van der Waals surface area contributed by atoms with Gasteiger partial charge in [-0.15, -0.1) is 56.7 Å². The van der Waals surface area contributed by atoms with Gasteiger partial charge in [0.2, 0.25) is 0 Å². The normalized spacial score (nSPS) is 15.5. The van der Waals surface area contributed by atoms with Crippen LogP contribution in [0.3, 0.4) is 0 Å². The molecule has 0 atom stereocenters. The summed E-state index contributed by atoms with van der Waals surface area (Å²) in [6.07, 6.45) is 12.5. The minimum Gasteiger partial charge on any atom is -0.243 e. The van der Waals surface area contributed by atoms with Crippen LogP contribution in [0.25, 0.3) is 39.1 Å². The smallest absolute Gasteiger partial charge is 0.133 e. The Morgan fingerprint density at radius 3 is 1.61 bits per heavy atom. The summed E-state index contributed by atoms with van der Waals surface area (Å²) in [5.74, 6) is 0. The van der Waals surface area contributed by atoms with Gasteiger partial charge in [0.05, 0.1) is 9.75 Å². The van der Waals surface area contributed by atoms with Crippen LogP contribution < -0.4 is 0 Å². The van der Waals surface area contributed by atoms with Crippen molar-refractivity contribution in [3.05, 3.63) is 63.5 Å². The summed E-state index contributed by atoms with van der Waals surface area (Å²) in [5, 5.41) is 1.14. The van der Waals surface area contributed by atoms with Crippen molar-refractivity contribution < 1.29 is 0 Å². The maximum absolute atomic E-state index is 4.81. The molecule has 5 heterocycles. The van der Waals surface area contributed by atoms with Gasteiger partial charge >= 0.3 is 0 Å². The number of nitrogens with zero attached hydrogens (tertiary/aromatic N) is 1. The summed E-state index contributed by atoms with van der Waals surface area (Å²) < 4.78 is 0. The monoisotopic (exact) mass is 521 g/mol. The van der Waals surface area contributed by atoms with Crippen LogP contribution in [0.4, 0.5) is 0 Å². The van der Waals surface area contributed by atoms with Crippen molar-refractivity contribution in [2.75, 3.05) is 0 Å². The molecule has 2 aliphatic carbocycles. The van der Waals surface area contributed by atoms with Crippen LogP contribution in [0.2, 0.25) is 0 Å². The summed E-state index contributed by atoms with van der Waals surface area (Å²) in [7, 11) is 0. The van der Waals surface area contributed by atoms with E-state index >= 15 is 0 Å². The van der Waals surface area contributed by atoms with E-state index in [4.69, 9.17) is 4.98 Å². The molecular weight excluding hydrogens is 499 g/mol. The summed E-state index contributed by atoms with van der Waals surface area (Å²) in [6.45, 7) is 0. The average Bonchev–Trinajstić information content (AvgIpc) is 3.66. The van der Waals surface area contributed by atoms with Crippen molar-refractivity contribution >= 4 is 56.7 Å². The van der Waals surface area contributed by atoms with E-state index < -0.39 is 0 Å². The topological polar surface area (TPSA) is 12.9 Å². The zero-order valence-electron chi connectivity index (χ0n) is 18.2. The van der Waals surface area contributed by atoms with Gasteiger partial charge in [0.25, 0.3) is 0 Å². The van der Waals surface area contributed by atoms with Gasteiger partial charge in [-0.25, -0.2) is 4.98 Å². The standard InChI is InChI=1S/C27H23NS5/c1-3-7-18-16(5-1)13-24(29-18)20-9-10-22(31-20)26-15-28-27(33-26)23-12-11-21(32-23)25-14-17-6-2-4-8-19(17)30-25/h9-15H,1-8H2. The Kier molecular flexibility index (Phi) is 5.40. The van der Waals surface area contributed by atoms with Crippen molar-refractivity contribution in [1.29, 1.82) is 0 Å². The Bertz CT molecular complexity index is 1280. The van der Waals surface area contributed by atoms with E-state index in [9.17, 15) is 0 Å². The Hall–Kier alpha value is -1.57. The van der Waals surface area contributed by atoms with E-state index in [1.165, 1.54) is 85.5 Å². The molecule has 0 aromatic carbocycles. The van der Waals surface area contributed by atoms with Crippen LogP contribution in [0, 0.1) is 0 Å². The number of fused-ring (bicyclic) bond motifs is 2. The number of aryl methyl sites for hydroxylation is 4. The van der Waals surface area contributed by atoms with Gasteiger partial charge in [-0.1, -0.05) is 0 Å². The van der Waals surface area contributed by atoms with Gasteiger partial charge in [-0.3, -0.25) is 0 Å². The highest BCUT2D eigenvalue weighted by Gasteiger charge is 2.18. The Balaban J connectivity index is 1.14. The highest BCUT2D eigenvalue weighted by atomic mass is 32.1. The quantitative estimate of drug-likeness (QED) is 0.229. The van der Waals surface area contributed by atoms with Crippen molar-refractivity contribution in [1.82, 2.24) is 4.98 Å². The van der Waals surface area contributed by atoms with Gasteiger partial charge in [0, 0.05) is 40.3 Å². The highest BCUT2D eigenvalue weighted by Crippen LogP contribution is 2.45. The Morgan fingerprint density at radius 1 is 0.485 bits per heavy atom. The first-order valence-corrected chi connectivity index (χ1v) is 15.8. The predicted octanol–water partition coefficient (Wildman–Crippen LogP) is 9.81. The molecule has 6 heteroatoms. The molecule has 0 N–H and O–H groups in total. The van der Waals surface area contributed by atoms with Gasteiger partial charge in [0.15, 0.2) is 0 Å². The van der Waals surface area contributed by atoms with E-state index in [0.29, 0.717) is 0 Å². The summed E-state index contributed by atoms with van der Waals surface area (Å²) in [4.78, 5) is 17.6. The van der Waals surface area contributed by atoms with E-state index in [2.05, 4.69) is 42.6 Å². The maximum atomic E-state index is 4.81. The number of thiazole rings is 1. The van der Waals surface area contributed by atoms with Crippen LogP contribution in [0.15, 0.2) is 42.6 Å². The van der Waals surface area contributed by atoms with Gasteiger partial charge in [-0.2, -0.15) is 0 Å². The molecule has 0 fully saturated rings. The van der Waals surface area contributed by atoms with Crippen LogP contribution in [0.1, 0.15) is 46.6 Å². The summed E-state index contributed by atoms with van der Waals surface area (Å²) in [5.41, 5.74) is 3.18. The average molecular weight is 522 g/mol. The second-order valence-electron chi connectivity index (χ2n) is 8.89. The fourth-order valence-electron chi connectivity index (χ4n) is 4.91. The first-order chi connectivity index (χ1) is 16.3. The van der Waals surface area contributed by atoms with E-state index in [1.54, 1.807) is 20.9 Å². The molecule has 33 heavy (non-hydrogen) atoms. The van der Waals surface area contributed by atoms with Gasteiger partial charge in [-0.05, 0) is 98.9 Å². The number of hydrogen-bond acceptors (Lipinski definition) is 6. The molecule has 0 spiro atoms. The lowest BCUT2D eigenvalue weighted by atomic mass is 9.99. The van der Waals surface area contributed by atoms with Crippen molar-refractivity contribution in [2.24, 2.45) is 0 Å². The molecule has 7 rings (SSSR count). The van der Waals surface area contributed by atoms with E-state index in [1.807, 2.05) is 56.7 Å². The molecule has 0 saturated carbocycles. The molecule has 0 unspecified atom stereocenters. The highest BCUT2D eigenvalue weighted by molar-refractivity contribution is 7.29. The van der Waals surface area contributed by atoms with Crippen LogP contribution in [0.5, 0.6) is 0 Å². The number of hydrogen-bond donors (Lipinski definition) is 0. The second kappa shape index (κ2) is 8.58. The van der Waals surface area contributed by atoms with Gasteiger partial charge < -0.3 is 0 Å². The lowest BCUT2D eigenvalue weighted by molar-refractivity contribution is 0.697. The minimum atomic E-state index is 1.14. The molecule has 0 amide bonds. The fraction of sp³-hybridized carbons (Fsp3) is 0.296. The Labute approximate surface area is 214 Å². The third kappa shape index (κ3) is 3.90. The lowest BCUT2D eigenvalue weighted by Crippen LogP contribution is -1.96. The van der Waals surface area contributed by atoms with E-state index in [-0.39, 0.29) is 0 Å². The number of aromatic nitrogens is 1. The molecule has 0 saturated heterocycles. The van der Waals surface area contributed by atoms with E-state index in [0.717, 1.165) is 5.01 Å². The van der Waals surface area contributed by atoms with Crippen molar-refractivity contribution in [3.63, 3.8) is 0 Å². The largest absolute Gasteiger partial charge is 0.243 e. The first-order valence-electron chi connectivity index (χ1n) is 11.7. The molecule has 1 nitrogen and oxygen atoms in total. The second-order valence-corrected chi connectivity index (χ2v) is 14.4. The zero-order valence-corrected chi connectivity index (χ0v) is 22.3. The van der Waals surface area contributed by atoms with Gasteiger partial charge in [0.1, 0.15) is 5.01 Å². The molecule has 0 radical (unpaired) electrons. The summed E-state index contributed by atoms with van der Waals surface area (Å²) in [6, 6.07) is 14.0. The molecule has 2 aliphatic rings. The Morgan fingerprint density at radius 2 is 1.00 bits per heavy atom. The maximum Gasteiger partial charge on any atom is 0.133 e. The molecule has 0 bridgehead atoms. The predicted molar refractivity (Wildman–Crippen MR) is 149 cm³/mol. The third-order valence-electron chi connectivity index (χ3n) is 6.65. The molecule has 0 aliphatic heterocycles. The zero-order chi connectivity index (χ0) is 21.8. The fourth-order valence-corrected chi connectivity index (χ4v) is 10.6. The lowest BCUT2D eigenvalue weighted by Gasteiger charge is -2.08. The molecule has 5 aromatic heterocycles. The van der Waals surface area contributed by atoms with Crippen molar-refractivity contribution in [3.8, 4) is 39.1 Å². The molecular formula is C27H23NS5. The first kappa shape index (κ1) is 20.8. The molecule has 166 valence electrons. The summed E-state index contributed by atoms with van der Waals surface area (Å²) >= 11 is 9.65. The third-order valence-corrected chi connectivity index (χ3v) is 13.0. The van der Waals surface area contributed by atoms with Crippen LogP contribution in [-0.4, -0.2) is 4.98 Å². The number of rotatable bonds is 4.